The van der Waals surface area contributed by atoms with E-state index < -0.39 is 0 Å². The maximum Gasteiger partial charge on any atom is 0.305 e. The molecule has 0 N–H and O–H groups in total. The number of nitrogens with zero attached hydrogens (tertiary/aromatic N) is 2. The third-order valence-corrected chi connectivity index (χ3v) is 11.3. The van der Waals surface area contributed by atoms with E-state index in [2.05, 4.69) is 47.9 Å². The van der Waals surface area contributed by atoms with Gasteiger partial charge in [-0.05, 0) is 25.7 Å². The van der Waals surface area contributed by atoms with E-state index in [9.17, 15) is 9.59 Å². The van der Waals surface area contributed by atoms with Crippen LogP contribution in [-0.2, 0) is 45.0 Å². The number of thiazole rings is 2. The molecule has 2 heterocycles. The molecule has 8 heteroatoms. The van der Waals surface area contributed by atoms with Gasteiger partial charge in [-0.3, -0.25) is 9.59 Å². The van der Waals surface area contributed by atoms with E-state index in [0.717, 1.165) is 25.9 Å². The van der Waals surface area contributed by atoms with Crippen LogP contribution in [0, 0.1) is 13.8 Å². The lowest BCUT2D eigenvalue weighted by molar-refractivity contribution is -0.698. The van der Waals surface area contributed by atoms with Crippen LogP contribution in [0.1, 0.15) is 163 Å². The van der Waals surface area contributed by atoms with Gasteiger partial charge in [0.15, 0.2) is 11.4 Å². The second kappa shape index (κ2) is 26.2. The van der Waals surface area contributed by atoms with Crippen molar-refractivity contribution in [2.75, 3.05) is 13.2 Å². The molecule has 6 nitrogen and oxygen atoms in total. The predicted octanol–water partition coefficient (Wildman–Crippen LogP) is 9.71. The van der Waals surface area contributed by atoms with Crippen molar-refractivity contribution in [3.8, 4) is 0 Å². The van der Waals surface area contributed by atoms with E-state index in [1.807, 2.05) is 0 Å². The van der Waals surface area contributed by atoms with Crippen molar-refractivity contribution >= 4 is 34.6 Å². The third-order valence-electron chi connectivity index (χ3n) is 9.01. The van der Waals surface area contributed by atoms with Crippen molar-refractivity contribution in [2.24, 2.45) is 0 Å². The van der Waals surface area contributed by atoms with Gasteiger partial charge in [0.05, 0.1) is 23.0 Å². The molecule has 0 aliphatic rings. The van der Waals surface area contributed by atoms with Gasteiger partial charge in [0, 0.05) is 52.4 Å². The molecule has 0 spiro atoms. The zero-order chi connectivity index (χ0) is 33.2. The molecule has 0 unspecified atom stereocenters. The average Bonchev–Trinajstić information content (AvgIpc) is 3.58. The summed E-state index contributed by atoms with van der Waals surface area (Å²) in [4.78, 5) is 27.0. The van der Waals surface area contributed by atoms with Crippen LogP contribution < -0.4 is 9.13 Å². The number of rotatable bonds is 29. The molecule has 0 fully saturated rings. The Morgan fingerprint density at radius 1 is 0.543 bits per heavy atom. The molecule has 0 aromatic carbocycles. The Bertz CT molecular complexity index is 997. The Hall–Kier alpha value is -1.80. The average molecular weight is 679 g/mol. The Morgan fingerprint density at radius 3 is 1.26 bits per heavy atom. The molecule has 2 rings (SSSR count). The summed E-state index contributed by atoms with van der Waals surface area (Å²) in [5, 5.41) is 0. The van der Waals surface area contributed by atoms with E-state index in [4.69, 9.17) is 9.47 Å². The number of aryl methyl sites for hydroxylation is 2. The fraction of sp³-hybridized carbons (Fsp3) is 0.789. The number of hydrogen-bond donors (Lipinski definition) is 0. The first-order valence-corrected chi connectivity index (χ1v) is 20.5. The van der Waals surface area contributed by atoms with Crippen molar-refractivity contribution in [3.05, 3.63) is 32.2 Å². The van der Waals surface area contributed by atoms with Crippen LogP contribution in [0.25, 0.3) is 0 Å². The fourth-order valence-corrected chi connectivity index (χ4v) is 7.87. The lowest BCUT2D eigenvalue weighted by Gasteiger charge is -2.05. The van der Waals surface area contributed by atoms with Crippen LogP contribution in [0.2, 0.25) is 0 Å². The number of hydrogen-bond acceptors (Lipinski definition) is 6. The lowest BCUT2D eigenvalue weighted by Crippen LogP contribution is -2.34. The van der Waals surface area contributed by atoms with Crippen molar-refractivity contribution in [2.45, 2.75) is 182 Å². The minimum absolute atomic E-state index is 0.178. The Balaban J connectivity index is 1.48. The number of aromatic nitrogens is 2. The van der Waals surface area contributed by atoms with Gasteiger partial charge in [0.1, 0.15) is 13.1 Å². The van der Waals surface area contributed by atoms with E-state index in [1.54, 1.807) is 22.7 Å². The number of esters is 2. The number of carbonyl (C=O) groups is 2. The van der Waals surface area contributed by atoms with Gasteiger partial charge in [0.25, 0.3) is 0 Å². The Morgan fingerprint density at radius 2 is 0.891 bits per heavy atom. The molecule has 0 saturated heterocycles. The number of unbranched alkanes of at least 4 members (excludes halogenated alkanes) is 15. The minimum Gasteiger partial charge on any atom is -0.465 e. The highest BCUT2D eigenvalue weighted by Crippen LogP contribution is 2.15. The Kier molecular flexibility index (Phi) is 23.0. The van der Waals surface area contributed by atoms with Gasteiger partial charge < -0.3 is 9.47 Å². The van der Waals surface area contributed by atoms with E-state index >= 15 is 0 Å². The first-order chi connectivity index (χ1) is 22.5. The Labute approximate surface area is 289 Å². The summed E-state index contributed by atoms with van der Waals surface area (Å²) in [6, 6.07) is 0. The zero-order valence-corrected chi connectivity index (χ0v) is 31.5. The van der Waals surface area contributed by atoms with E-state index in [-0.39, 0.29) is 11.9 Å². The topological polar surface area (TPSA) is 60.4 Å². The monoisotopic (exact) mass is 678 g/mol. The van der Waals surface area contributed by atoms with Crippen LogP contribution in [-0.4, -0.2) is 25.2 Å². The van der Waals surface area contributed by atoms with Crippen LogP contribution >= 0.6 is 22.7 Å². The molecule has 2 aromatic rings. The zero-order valence-electron chi connectivity index (χ0n) is 29.9. The summed E-state index contributed by atoms with van der Waals surface area (Å²) in [7, 11) is 0. The van der Waals surface area contributed by atoms with Crippen molar-refractivity contribution < 1.29 is 28.2 Å². The summed E-state index contributed by atoms with van der Waals surface area (Å²) < 4.78 is 15.7. The third kappa shape index (κ3) is 17.9. The molecule has 0 radical (unpaired) electrons. The maximum atomic E-state index is 12.2. The molecule has 46 heavy (non-hydrogen) atoms. The summed E-state index contributed by atoms with van der Waals surface area (Å²) in [6.45, 7) is 11.9. The smallest absolute Gasteiger partial charge is 0.305 e. The quantitative estimate of drug-likeness (QED) is 0.0488. The molecule has 0 bridgehead atoms. The molecule has 0 saturated carbocycles. The number of ether oxygens (including phenoxy) is 2. The summed E-state index contributed by atoms with van der Waals surface area (Å²) in [5.41, 5.74) is 7.02. The lowest BCUT2D eigenvalue weighted by atomic mass is 10.1. The normalized spacial score (nSPS) is 11.3. The van der Waals surface area contributed by atoms with Crippen molar-refractivity contribution in [3.63, 3.8) is 0 Å². The van der Waals surface area contributed by atoms with Gasteiger partial charge in [-0.1, -0.05) is 114 Å². The second-order valence-corrected chi connectivity index (χ2v) is 14.8. The molecule has 262 valence electrons. The molecule has 0 amide bonds. The van der Waals surface area contributed by atoms with Gasteiger partial charge >= 0.3 is 11.9 Å². The highest BCUT2D eigenvalue weighted by molar-refractivity contribution is 7.09. The van der Waals surface area contributed by atoms with Crippen molar-refractivity contribution in [1.82, 2.24) is 0 Å². The van der Waals surface area contributed by atoms with Crippen molar-refractivity contribution in [1.29, 1.82) is 0 Å². The summed E-state index contributed by atoms with van der Waals surface area (Å²) >= 11 is 3.53. The number of carbonyl (C=O) groups excluding carboxylic acids is 2. The van der Waals surface area contributed by atoms with E-state index in [0.29, 0.717) is 38.9 Å². The van der Waals surface area contributed by atoms with E-state index in [1.165, 1.54) is 124 Å². The van der Waals surface area contributed by atoms with Crippen LogP contribution in [0.3, 0.4) is 0 Å². The standard InChI is InChI=1S/C38H66N2O4S2/c1-5-7-9-11-13-15-17-21-27-39-31-45-35(33(39)3)25-29-43-37(41)23-19-20-24-38(42)44-30-26-36-34(4)40(32-46-36)28-22-18-16-14-12-10-8-6-2/h31-32H,5-30H2,1-4H3/q+2. The highest BCUT2D eigenvalue weighted by Gasteiger charge is 2.17. The molecular weight excluding hydrogens is 613 g/mol. The van der Waals surface area contributed by atoms with Gasteiger partial charge in [0.2, 0.25) is 11.0 Å². The molecule has 0 aliphatic carbocycles. The second-order valence-electron chi connectivity index (χ2n) is 12.9. The van der Waals surface area contributed by atoms with Crippen LogP contribution in [0.5, 0.6) is 0 Å². The molecule has 2 aromatic heterocycles. The largest absolute Gasteiger partial charge is 0.465 e. The summed E-state index contributed by atoms with van der Waals surface area (Å²) in [5.74, 6) is -0.356. The van der Waals surface area contributed by atoms with Gasteiger partial charge in [-0.2, -0.15) is 9.13 Å². The fourth-order valence-electron chi connectivity index (χ4n) is 5.85. The minimum atomic E-state index is -0.178. The summed E-state index contributed by atoms with van der Waals surface area (Å²) in [6.07, 6.45) is 24.9. The van der Waals surface area contributed by atoms with Crippen LogP contribution in [0.15, 0.2) is 11.0 Å². The van der Waals surface area contributed by atoms with Gasteiger partial charge in [-0.15, -0.1) is 0 Å². The SMILES string of the molecule is CCCCCCCCCC[n+]1csc(CCOC(=O)CCCCC(=O)OCCc2sc[n+](CCCCCCCCCC)c2C)c1C. The molecular formula is C38H66N2O4S2+2. The van der Waals surface area contributed by atoms with Crippen LogP contribution in [0.4, 0.5) is 0 Å². The predicted molar refractivity (Wildman–Crippen MR) is 192 cm³/mol. The first kappa shape index (κ1) is 40.4. The molecule has 0 atom stereocenters. The highest BCUT2D eigenvalue weighted by atomic mass is 32.1. The maximum absolute atomic E-state index is 12.2. The first-order valence-electron chi connectivity index (χ1n) is 18.7. The van der Waals surface area contributed by atoms with Gasteiger partial charge in [-0.25, -0.2) is 0 Å². The molecule has 0 aliphatic heterocycles.